The quantitative estimate of drug-likeness (QED) is 0.129. The van der Waals surface area contributed by atoms with E-state index < -0.39 is 0 Å². The SMILES string of the molecule is C=C/C=C\C1=C(C)c2ccccc2C2C1N=C(c1cccc(-c3ccc4c(c3)c3c(c5cc(-c6cc7cccnc7c7ncccc67)ccc54)CC(C)C=C3)c1)C1C=CC=CC12. The fraction of sp³-hybridized carbons (Fsp3) is 0.136. The van der Waals surface area contributed by atoms with Crippen molar-refractivity contribution in [1.82, 2.24) is 9.97 Å². The number of rotatable bonds is 5. The minimum atomic E-state index is 0.0148. The largest absolute Gasteiger partial charge is 0.280 e. The van der Waals surface area contributed by atoms with Gasteiger partial charge in [0, 0.05) is 35.0 Å². The van der Waals surface area contributed by atoms with Gasteiger partial charge in [-0.2, -0.15) is 0 Å². The molecule has 8 aromatic rings. The van der Waals surface area contributed by atoms with Crippen molar-refractivity contribution in [3.8, 4) is 22.3 Å². The van der Waals surface area contributed by atoms with E-state index in [1.165, 1.54) is 88.5 Å². The van der Waals surface area contributed by atoms with Crippen molar-refractivity contribution in [3.05, 3.63) is 216 Å². The van der Waals surface area contributed by atoms with Crippen molar-refractivity contribution in [2.24, 2.45) is 22.7 Å². The van der Waals surface area contributed by atoms with Gasteiger partial charge in [0.2, 0.25) is 0 Å². The molecule has 5 atom stereocenters. The fourth-order valence-corrected chi connectivity index (χ4v) is 11.2. The van der Waals surface area contributed by atoms with Gasteiger partial charge in [-0.25, -0.2) is 0 Å². The van der Waals surface area contributed by atoms with E-state index in [-0.39, 0.29) is 17.9 Å². The second-order valence-electron chi connectivity index (χ2n) is 17.6. The van der Waals surface area contributed by atoms with E-state index in [1.807, 2.05) is 30.6 Å². The first-order valence-corrected chi connectivity index (χ1v) is 22.0. The van der Waals surface area contributed by atoms with Crippen LogP contribution >= 0.6 is 0 Å². The van der Waals surface area contributed by atoms with E-state index in [1.54, 1.807) is 0 Å². The first-order valence-electron chi connectivity index (χ1n) is 22.0. The van der Waals surface area contributed by atoms with E-state index in [0.29, 0.717) is 11.8 Å². The number of aliphatic imine (C=N–C) groups is 1. The average molecular weight is 796 g/mol. The number of hydrogen-bond donors (Lipinski definition) is 0. The number of pyridine rings is 2. The standard InChI is InChI=1S/C59H45N3/c1-4-5-16-43-36(3)42-17-6-7-18-47(42)55-48-19-8-9-20-49(48)56(62-58(43)55)40-14-10-13-37(31-40)38-23-26-44-45-27-24-39(33-54(45)52-30-35(2)22-25-46(52)53(44)32-38)51-34-41-15-11-28-60-57(41)59-50(51)21-12-29-61-59/h4-29,31-35,48-49,55,58H,1,30H2,2-3H3/b16-5-. The van der Waals surface area contributed by atoms with Gasteiger partial charge in [-0.1, -0.05) is 147 Å². The molecule has 0 spiro atoms. The molecule has 3 heteroatoms. The van der Waals surface area contributed by atoms with Crippen LogP contribution in [0, 0.1) is 17.8 Å². The van der Waals surface area contributed by atoms with E-state index in [2.05, 4.69) is 172 Å². The van der Waals surface area contributed by atoms with E-state index >= 15 is 0 Å². The molecule has 0 radical (unpaired) electrons. The summed E-state index contributed by atoms with van der Waals surface area (Å²) in [4.78, 5) is 15.3. The number of nitrogens with zero attached hydrogens (tertiary/aromatic N) is 3. The predicted octanol–water partition coefficient (Wildman–Crippen LogP) is 14.5. The van der Waals surface area contributed by atoms with Crippen LogP contribution in [0.2, 0.25) is 0 Å². The summed E-state index contributed by atoms with van der Waals surface area (Å²) in [5.41, 5.74) is 17.1. The van der Waals surface area contributed by atoms with Gasteiger partial charge >= 0.3 is 0 Å². The van der Waals surface area contributed by atoms with Crippen LogP contribution in [-0.4, -0.2) is 21.7 Å². The van der Waals surface area contributed by atoms with Crippen molar-refractivity contribution in [1.29, 1.82) is 0 Å². The third-order valence-corrected chi connectivity index (χ3v) is 14.1. The van der Waals surface area contributed by atoms with Gasteiger partial charge in [0.25, 0.3) is 0 Å². The predicted molar refractivity (Wildman–Crippen MR) is 262 cm³/mol. The molecule has 5 unspecified atom stereocenters. The van der Waals surface area contributed by atoms with Crippen LogP contribution < -0.4 is 0 Å². The highest BCUT2D eigenvalue weighted by Gasteiger charge is 2.45. The third kappa shape index (κ3) is 5.68. The maximum absolute atomic E-state index is 5.76. The van der Waals surface area contributed by atoms with Gasteiger partial charge < -0.3 is 0 Å². The van der Waals surface area contributed by atoms with Crippen LogP contribution in [0.1, 0.15) is 47.6 Å². The maximum Gasteiger partial charge on any atom is 0.0970 e. The molecule has 0 N–H and O–H groups in total. The van der Waals surface area contributed by atoms with Crippen LogP contribution in [0.5, 0.6) is 0 Å². The fourth-order valence-electron chi connectivity index (χ4n) is 11.2. The van der Waals surface area contributed by atoms with Crippen LogP contribution in [0.3, 0.4) is 0 Å². The molecular weight excluding hydrogens is 751 g/mol. The van der Waals surface area contributed by atoms with E-state index in [4.69, 9.17) is 15.0 Å². The zero-order chi connectivity index (χ0) is 41.5. The smallest absolute Gasteiger partial charge is 0.0970 e. The first-order chi connectivity index (χ1) is 30.5. The summed E-state index contributed by atoms with van der Waals surface area (Å²) < 4.78 is 0. The Morgan fingerprint density at radius 1 is 0.645 bits per heavy atom. The molecule has 1 aliphatic heterocycles. The van der Waals surface area contributed by atoms with Gasteiger partial charge in [0.15, 0.2) is 0 Å². The molecule has 3 nitrogen and oxygen atoms in total. The van der Waals surface area contributed by atoms with Crippen LogP contribution in [0.4, 0.5) is 0 Å². The average Bonchev–Trinajstić information content (AvgIpc) is 3.33. The summed E-state index contributed by atoms with van der Waals surface area (Å²) in [6.07, 6.45) is 24.9. The van der Waals surface area contributed by atoms with Gasteiger partial charge in [0.1, 0.15) is 0 Å². The second-order valence-corrected chi connectivity index (χ2v) is 17.6. The topological polar surface area (TPSA) is 38.1 Å². The minimum Gasteiger partial charge on any atom is -0.280 e. The summed E-state index contributed by atoms with van der Waals surface area (Å²) in [7, 11) is 0. The molecule has 0 fully saturated rings. The molecule has 3 aliphatic carbocycles. The van der Waals surface area contributed by atoms with Crippen molar-refractivity contribution in [3.63, 3.8) is 0 Å². The zero-order valence-corrected chi connectivity index (χ0v) is 35.0. The Morgan fingerprint density at radius 2 is 1.42 bits per heavy atom. The Balaban J connectivity index is 0.989. The highest BCUT2D eigenvalue weighted by molar-refractivity contribution is 6.16. The molecule has 3 heterocycles. The zero-order valence-electron chi connectivity index (χ0n) is 35.0. The van der Waals surface area contributed by atoms with E-state index in [0.717, 1.165) is 28.2 Å². The molecule has 0 saturated carbocycles. The summed E-state index contributed by atoms with van der Waals surface area (Å²) in [6, 6.07) is 42.9. The van der Waals surface area contributed by atoms with Crippen LogP contribution in [0.25, 0.3) is 77.3 Å². The molecule has 2 aromatic heterocycles. The molecule has 12 rings (SSSR count). The van der Waals surface area contributed by atoms with Crippen LogP contribution in [-0.2, 0) is 6.42 Å². The number of benzene rings is 6. The molecule has 62 heavy (non-hydrogen) atoms. The summed E-state index contributed by atoms with van der Waals surface area (Å²) >= 11 is 0. The highest BCUT2D eigenvalue weighted by atomic mass is 14.9. The lowest BCUT2D eigenvalue weighted by Crippen LogP contribution is -2.41. The molecule has 296 valence electrons. The molecule has 6 aromatic carbocycles. The Morgan fingerprint density at radius 3 is 2.32 bits per heavy atom. The van der Waals surface area contributed by atoms with Gasteiger partial charge in [-0.3, -0.25) is 15.0 Å². The maximum atomic E-state index is 5.76. The van der Waals surface area contributed by atoms with Crippen molar-refractivity contribution >= 4 is 60.7 Å². The monoisotopic (exact) mass is 795 g/mol. The third-order valence-electron chi connectivity index (χ3n) is 14.1. The lowest BCUT2D eigenvalue weighted by Gasteiger charge is -2.45. The lowest BCUT2D eigenvalue weighted by atomic mass is 9.62. The number of aromatic nitrogens is 2. The molecule has 0 bridgehead atoms. The summed E-state index contributed by atoms with van der Waals surface area (Å²) in [5.74, 6) is 1.19. The molecular formula is C59H45N3. The summed E-state index contributed by atoms with van der Waals surface area (Å²) in [6.45, 7) is 8.59. The van der Waals surface area contributed by atoms with Gasteiger partial charge in [0.05, 0.1) is 22.8 Å². The van der Waals surface area contributed by atoms with Crippen LogP contribution in [0.15, 0.2) is 193 Å². The van der Waals surface area contributed by atoms with Gasteiger partial charge in [-0.15, -0.1) is 0 Å². The van der Waals surface area contributed by atoms with E-state index in [9.17, 15) is 0 Å². The number of fused-ring (bicyclic) bond motifs is 14. The van der Waals surface area contributed by atoms with Crippen molar-refractivity contribution in [2.45, 2.75) is 32.2 Å². The Kier molecular flexibility index (Phi) is 8.54. The summed E-state index contributed by atoms with van der Waals surface area (Å²) in [5, 5.41) is 7.43. The molecule has 4 aliphatic rings. The van der Waals surface area contributed by atoms with Crippen molar-refractivity contribution in [2.75, 3.05) is 0 Å². The number of allylic oxidation sites excluding steroid dienone is 8. The second kappa shape index (κ2) is 14.5. The molecule has 0 saturated heterocycles. The lowest BCUT2D eigenvalue weighted by molar-refractivity contribution is 0.395. The van der Waals surface area contributed by atoms with Gasteiger partial charge in [-0.05, 0) is 144 Å². The normalized spacial score (nSPS) is 21.3. The minimum absolute atomic E-state index is 0.0148. The number of hydrogen-bond acceptors (Lipinski definition) is 3. The Labute approximate surface area is 362 Å². The first kappa shape index (κ1) is 36.6. The Bertz CT molecular complexity index is 3410. The van der Waals surface area contributed by atoms with Crippen molar-refractivity contribution < 1.29 is 0 Å². The Hall–Kier alpha value is -7.23. The highest BCUT2D eigenvalue weighted by Crippen LogP contribution is 2.51. The molecule has 0 amide bonds.